The maximum absolute atomic E-state index is 5.66. The maximum Gasteiger partial charge on any atom is 0.141 e. The minimum atomic E-state index is 0. The van der Waals surface area contributed by atoms with Gasteiger partial charge in [0, 0.05) is 13.1 Å². The summed E-state index contributed by atoms with van der Waals surface area (Å²) in [6, 6.07) is 0. The van der Waals surface area contributed by atoms with Gasteiger partial charge in [-0.05, 0) is 44.7 Å². The lowest BCUT2D eigenvalue weighted by atomic mass is 9.95. The fourth-order valence-corrected chi connectivity index (χ4v) is 2.78. The van der Waals surface area contributed by atoms with Crippen LogP contribution < -0.4 is 5.73 Å². The number of nitrogens with zero attached hydrogens (tertiary/aromatic N) is 4. The van der Waals surface area contributed by atoms with Gasteiger partial charge in [0.1, 0.15) is 12.2 Å². The van der Waals surface area contributed by atoms with Gasteiger partial charge < -0.3 is 5.73 Å². The second-order valence-corrected chi connectivity index (χ2v) is 5.22. The van der Waals surface area contributed by atoms with E-state index in [0.717, 1.165) is 50.8 Å². The summed E-state index contributed by atoms with van der Waals surface area (Å²) in [6.45, 7) is 7.22. The van der Waals surface area contributed by atoms with Crippen molar-refractivity contribution in [3.05, 3.63) is 12.2 Å². The highest BCUT2D eigenvalue weighted by Gasteiger charge is 2.20. The number of piperidine rings is 1. The predicted molar refractivity (Wildman–Crippen MR) is 79.2 cm³/mol. The molecule has 1 atom stereocenters. The van der Waals surface area contributed by atoms with E-state index in [-0.39, 0.29) is 12.4 Å². The van der Waals surface area contributed by atoms with Crippen LogP contribution in [0, 0.1) is 5.92 Å². The van der Waals surface area contributed by atoms with Crippen LogP contribution in [-0.2, 0) is 13.1 Å². The van der Waals surface area contributed by atoms with Gasteiger partial charge in [0.15, 0.2) is 0 Å². The molecule has 1 fully saturated rings. The first-order chi connectivity index (χ1) is 8.83. The molecule has 1 aromatic rings. The summed E-state index contributed by atoms with van der Waals surface area (Å²) in [7, 11) is 0. The lowest BCUT2D eigenvalue weighted by molar-refractivity contribution is 0.157. The van der Waals surface area contributed by atoms with Gasteiger partial charge in [0.05, 0.1) is 6.54 Å². The van der Waals surface area contributed by atoms with E-state index in [1.54, 1.807) is 6.33 Å². The third kappa shape index (κ3) is 4.75. The Labute approximate surface area is 122 Å². The fraction of sp³-hybridized carbons (Fsp3) is 0.846. The summed E-state index contributed by atoms with van der Waals surface area (Å²) in [5.41, 5.74) is 5.66. The van der Waals surface area contributed by atoms with Crippen molar-refractivity contribution in [1.82, 2.24) is 19.7 Å². The highest BCUT2D eigenvalue weighted by molar-refractivity contribution is 5.85. The third-order valence-electron chi connectivity index (χ3n) is 3.67. The zero-order valence-electron chi connectivity index (χ0n) is 11.8. The van der Waals surface area contributed by atoms with Crippen molar-refractivity contribution in [2.75, 3.05) is 19.6 Å². The smallest absolute Gasteiger partial charge is 0.141 e. The van der Waals surface area contributed by atoms with Crippen LogP contribution in [0.2, 0.25) is 0 Å². The number of hydrogen-bond donors (Lipinski definition) is 1. The van der Waals surface area contributed by atoms with Gasteiger partial charge in [-0.25, -0.2) is 9.67 Å². The van der Waals surface area contributed by atoms with Crippen molar-refractivity contribution in [3.63, 3.8) is 0 Å². The summed E-state index contributed by atoms with van der Waals surface area (Å²) >= 11 is 0. The van der Waals surface area contributed by atoms with Crippen molar-refractivity contribution in [1.29, 1.82) is 0 Å². The Kier molecular flexibility index (Phi) is 7.34. The van der Waals surface area contributed by atoms with Crippen molar-refractivity contribution < 1.29 is 0 Å². The molecule has 0 saturated carbocycles. The molecule has 6 heteroatoms. The molecule has 110 valence electrons. The predicted octanol–water partition coefficient (Wildman–Crippen LogP) is 1.67. The largest absolute Gasteiger partial charge is 0.330 e. The maximum atomic E-state index is 5.66. The molecule has 0 spiro atoms. The molecule has 5 nitrogen and oxygen atoms in total. The molecule has 1 unspecified atom stereocenters. The van der Waals surface area contributed by atoms with Crippen LogP contribution in [0.1, 0.15) is 38.4 Å². The van der Waals surface area contributed by atoms with E-state index >= 15 is 0 Å². The summed E-state index contributed by atoms with van der Waals surface area (Å²) in [6.07, 6.45) is 6.54. The van der Waals surface area contributed by atoms with Crippen molar-refractivity contribution >= 4 is 12.4 Å². The molecule has 0 amide bonds. The lowest BCUT2D eigenvalue weighted by Crippen LogP contribution is -2.36. The Morgan fingerprint density at radius 2 is 2.32 bits per heavy atom. The van der Waals surface area contributed by atoms with Gasteiger partial charge in [0.2, 0.25) is 0 Å². The molecule has 1 aromatic heterocycles. The molecular weight excluding hydrogens is 262 g/mol. The minimum Gasteiger partial charge on any atom is -0.330 e. The van der Waals surface area contributed by atoms with E-state index in [1.807, 2.05) is 4.68 Å². The van der Waals surface area contributed by atoms with Crippen LogP contribution in [0.3, 0.4) is 0 Å². The molecule has 19 heavy (non-hydrogen) atoms. The van der Waals surface area contributed by atoms with E-state index in [0.29, 0.717) is 0 Å². The zero-order chi connectivity index (χ0) is 12.8. The first-order valence-electron chi connectivity index (χ1n) is 7.12. The van der Waals surface area contributed by atoms with E-state index < -0.39 is 0 Å². The van der Waals surface area contributed by atoms with Gasteiger partial charge in [-0.1, -0.05) is 6.92 Å². The van der Waals surface area contributed by atoms with Gasteiger partial charge in [-0.3, -0.25) is 4.90 Å². The SMILES string of the molecule is CCCn1ncnc1CN1CCCC(CCN)C1.Cl. The number of halogens is 1. The lowest BCUT2D eigenvalue weighted by Gasteiger charge is -2.32. The normalized spacial score (nSPS) is 20.2. The number of likely N-dealkylation sites (tertiary alicyclic amines) is 1. The molecule has 1 aliphatic heterocycles. The Hall–Kier alpha value is -0.650. The van der Waals surface area contributed by atoms with E-state index in [1.165, 1.54) is 19.4 Å². The quantitative estimate of drug-likeness (QED) is 0.865. The molecule has 1 aliphatic rings. The van der Waals surface area contributed by atoms with Gasteiger partial charge >= 0.3 is 0 Å². The summed E-state index contributed by atoms with van der Waals surface area (Å²) in [5, 5.41) is 4.29. The van der Waals surface area contributed by atoms with E-state index in [4.69, 9.17) is 5.73 Å². The molecule has 2 N–H and O–H groups in total. The number of aryl methyl sites for hydroxylation is 1. The van der Waals surface area contributed by atoms with Crippen molar-refractivity contribution in [2.24, 2.45) is 11.7 Å². The number of rotatable bonds is 6. The van der Waals surface area contributed by atoms with E-state index in [9.17, 15) is 0 Å². The Bertz CT molecular complexity index is 353. The second-order valence-electron chi connectivity index (χ2n) is 5.22. The van der Waals surface area contributed by atoms with Crippen LogP contribution in [0.4, 0.5) is 0 Å². The molecular formula is C13H26ClN5. The van der Waals surface area contributed by atoms with Crippen molar-refractivity contribution in [2.45, 2.75) is 45.7 Å². The van der Waals surface area contributed by atoms with E-state index in [2.05, 4.69) is 21.9 Å². The fourth-order valence-electron chi connectivity index (χ4n) is 2.78. The topological polar surface area (TPSA) is 60.0 Å². The van der Waals surface area contributed by atoms with Crippen LogP contribution >= 0.6 is 12.4 Å². The van der Waals surface area contributed by atoms with Gasteiger partial charge in [-0.2, -0.15) is 5.10 Å². The number of nitrogens with two attached hydrogens (primary N) is 1. The Balaban J connectivity index is 0.00000180. The van der Waals surface area contributed by atoms with Crippen LogP contribution in [0.25, 0.3) is 0 Å². The average Bonchev–Trinajstić information content (AvgIpc) is 2.78. The highest BCUT2D eigenvalue weighted by Crippen LogP contribution is 2.20. The molecule has 0 radical (unpaired) electrons. The van der Waals surface area contributed by atoms with Gasteiger partial charge in [0.25, 0.3) is 0 Å². The molecule has 2 heterocycles. The first-order valence-corrected chi connectivity index (χ1v) is 7.12. The number of aromatic nitrogens is 3. The summed E-state index contributed by atoms with van der Waals surface area (Å²) < 4.78 is 2.03. The van der Waals surface area contributed by atoms with Crippen molar-refractivity contribution in [3.8, 4) is 0 Å². The molecule has 1 saturated heterocycles. The molecule has 0 aromatic carbocycles. The molecule has 0 aliphatic carbocycles. The van der Waals surface area contributed by atoms with Gasteiger partial charge in [-0.15, -0.1) is 12.4 Å². The summed E-state index contributed by atoms with van der Waals surface area (Å²) in [5.74, 6) is 1.87. The van der Waals surface area contributed by atoms with Crippen LogP contribution in [0.15, 0.2) is 6.33 Å². The van der Waals surface area contributed by atoms with Crippen LogP contribution in [-0.4, -0.2) is 39.3 Å². The minimum absolute atomic E-state index is 0. The highest BCUT2D eigenvalue weighted by atomic mass is 35.5. The third-order valence-corrected chi connectivity index (χ3v) is 3.67. The Morgan fingerprint density at radius 1 is 1.47 bits per heavy atom. The zero-order valence-corrected chi connectivity index (χ0v) is 12.6. The second kappa shape index (κ2) is 8.51. The number of hydrogen-bond acceptors (Lipinski definition) is 4. The average molecular weight is 288 g/mol. The Morgan fingerprint density at radius 3 is 3.05 bits per heavy atom. The molecule has 2 rings (SSSR count). The monoisotopic (exact) mass is 287 g/mol. The standard InChI is InChI=1S/C13H25N5.ClH/c1-2-7-18-13(15-11-16-18)10-17-8-3-4-12(9-17)5-6-14;/h11-12H,2-10,14H2,1H3;1H. The molecule has 0 bridgehead atoms. The first kappa shape index (κ1) is 16.4. The van der Waals surface area contributed by atoms with Crippen LogP contribution in [0.5, 0.6) is 0 Å². The summed E-state index contributed by atoms with van der Waals surface area (Å²) in [4.78, 5) is 6.89.